The Labute approximate surface area is 111 Å². The number of aromatic nitrogens is 2. The number of rotatable bonds is 3. The molecule has 1 atom stereocenters. The summed E-state index contributed by atoms with van der Waals surface area (Å²) in [7, 11) is 0. The minimum absolute atomic E-state index is 0.0957. The molecule has 19 heavy (non-hydrogen) atoms. The number of fused-ring (bicyclic) bond motifs is 1. The lowest BCUT2D eigenvalue weighted by Gasteiger charge is -2.18. The third-order valence-corrected chi connectivity index (χ3v) is 3.22. The van der Waals surface area contributed by atoms with E-state index in [1.807, 2.05) is 42.7 Å². The quantitative estimate of drug-likeness (QED) is 0.552. The first-order chi connectivity index (χ1) is 9.40. The second-order valence-corrected chi connectivity index (χ2v) is 4.33. The molecule has 4 nitrogen and oxygen atoms in total. The molecule has 3 aromatic rings. The molecular formula is C15H14N4. The van der Waals surface area contributed by atoms with E-state index in [0.717, 1.165) is 21.9 Å². The zero-order valence-corrected chi connectivity index (χ0v) is 10.3. The molecule has 0 aliphatic heterocycles. The maximum Gasteiger partial charge on any atom is 0.0732 e. The number of benzene rings is 1. The number of hydrogen-bond acceptors (Lipinski definition) is 4. The van der Waals surface area contributed by atoms with Gasteiger partial charge < -0.3 is 0 Å². The van der Waals surface area contributed by atoms with Gasteiger partial charge in [-0.3, -0.25) is 15.8 Å². The Balaban J connectivity index is 2.17. The second kappa shape index (κ2) is 5.14. The highest BCUT2D eigenvalue weighted by Crippen LogP contribution is 2.27. The highest BCUT2D eigenvalue weighted by atomic mass is 15.2. The number of pyridine rings is 2. The molecule has 0 spiro atoms. The molecule has 3 rings (SSSR count). The van der Waals surface area contributed by atoms with Gasteiger partial charge in [-0.05, 0) is 23.1 Å². The molecule has 0 bridgehead atoms. The van der Waals surface area contributed by atoms with Crippen LogP contribution in [0.15, 0.2) is 61.2 Å². The lowest BCUT2D eigenvalue weighted by molar-refractivity contribution is 0.638. The Hall–Kier alpha value is -2.30. The van der Waals surface area contributed by atoms with Crippen molar-refractivity contribution in [3.8, 4) is 0 Å². The highest BCUT2D eigenvalue weighted by molar-refractivity contribution is 5.85. The summed E-state index contributed by atoms with van der Waals surface area (Å²) in [4.78, 5) is 8.33. The average Bonchev–Trinajstić information content (AvgIpc) is 2.49. The topological polar surface area (TPSA) is 63.8 Å². The Morgan fingerprint density at radius 1 is 0.947 bits per heavy atom. The van der Waals surface area contributed by atoms with E-state index < -0.39 is 0 Å². The summed E-state index contributed by atoms with van der Waals surface area (Å²) in [5, 5.41) is 2.26. The fourth-order valence-electron chi connectivity index (χ4n) is 2.29. The van der Waals surface area contributed by atoms with Gasteiger partial charge in [-0.1, -0.05) is 24.3 Å². The molecule has 3 N–H and O–H groups in total. The lowest BCUT2D eigenvalue weighted by atomic mass is 9.97. The molecule has 94 valence electrons. The predicted molar refractivity (Wildman–Crippen MR) is 75.1 cm³/mol. The number of nitrogens with one attached hydrogen (secondary N) is 1. The van der Waals surface area contributed by atoms with Gasteiger partial charge >= 0.3 is 0 Å². The molecule has 1 unspecified atom stereocenters. The monoisotopic (exact) mass is 250 g/mol. The van der Waals surface area contributed by atoms with Crippen LogP contribution in [0.5, 0.6) is 0 Å². The van der Waals surface area contributed by atoms with Crippen molar-refractivity contribution in [1.29, 1.82) is 0 Å². The van der Waals surface area contributed by atoms with Gasteiger partial charge in [0.2, 0.25) is 0 Å². The fraction of sp³-hybridized carbons (Fsp3) is 0.0667. The number of nitrogens with two attached hydrogens (primary N) is 1. The van der Waals surface area contributed by atoms with Gasteiger partial charge in [0, 0.05) is 35.7 Å². The van der Waals surface area contributed by atoms with Gasteiger partial charge in [0.05, 0.1) is 6.04 Å². The summed E-state index contributed by atoms with van der Waals surface area (Å²) in [6.45, 7) is 0. The first-order valence-corrected chi connectivity index (χ1v) is 6.09. The largest absolute Gasteiger partial charge is 0.271 e. The van der Waals surface area contributed by atoms with Crippen LogP contribution in [0, 0.1) is 0 Å². The molecule has 0 saturated carbocycles. The number of nitrogens with zero attached hydrogens (tertiary/aromatic N) is 2. The van der Waals surface area contributed by atoms with Crippen LogP contribution in [0.1, 0.15) is 17.2 Å². The van der Waals surface area contributed by atoms with Crippen LogP contribution in [0.25, 0.3) is 10.8 Å². The van der Waals surface area contributed by atoms with Crippen molar-refractivity contribution in [3.63, 3.8) is 0 Å². The molecule has 2 heterocycles. The Morgan fingerprint density at radius 2 is 1.74 bits per heavy atom. The molecule has 1 aromatic carbocycles. The fourth-order valence-corrected chi connectivity index (χ4v) is 2.29. The van der Waals surface area contributed by atoms with E-state index in [1.54, 1.807) is 12.4 Å². The van der Waals surface area contributed by atoms with Gasteiger partial charge in [0.15, 0.2) is 0 Å². The maximum absolute atomic E-state index is 5.73. The van der Waals surface area contributed by atoms with Crippen molar-refractivity contribution >= 4 is 10.8 Å². The van der Waals surface area contributed by atoms with Gasteiger partial charge in [0.1, 0.15) is 0 Å². The average molecular weight is 250 g/mol. The zero-order chi connectivity index (χ0) is 13.1. The van der Waals surface area contributed by atoms with Crippen molar-refractivity contribution < 1.29 is 0 Å². The van der Waals surface area contributed by atoms with E-state index in [9.17, 15) is 0 Å². The normalized spacial score (nSPS) is 12.5. The second-order valence-electron chi connectivity index (χ2n) is 4.33. The van der Waals surface area contributed by atoms with E-state index >= 15 is 0 Å². The summed E-state index contributed by atoms with van der Waals surface area (Å²) >= 11 is 0. The molecule has 4 heteroatoms. The van der Waals surface area contributed by atoms with Crippen molar-refractivity contribution in [3.05, 3.63) is 72.3 Å². The first-order valence-electron chi connectivity index (χ1n) is 6.09. The Morgan fingerprint density at radius 3 is 2.53 bits per heavy atom. The van der Waals surface area contributed by atoms with Gasteiger partial charge in [0.25, 0.3) is 0 Å². The van der Waals surface area contributed by atoms with Crippen LogP contribution < -0.4 is 11.3 Å². The van der Waals surface area contributed by atoms with E-state index in [4.69, 9.17) is 5.84 Å². The van der Waals surface area contributed by atoms with Crippen molar-refractivity contribution in [2.75, 3.05) is 0 Å². The van der Waals surface area contributed by atoms with Crippen molar-refractivity contribution in [2.45, 2.75) is 6.04 Å². The molecule has 0 saturated heterocycles. The van der Waals surface area contributed by atoms with Gasteiger partial charge in [-0.2, -0.15) is 0 Å². The summed E-state index contributed by atoms with van der Waals surface area (Å²) in [5.74, 6) is 5.73. The lowest BCUT2D eigenvalue weighted by Crippen LogP contribution is -2.29. The first kappa shape index (κ1) is 11.8. The molecule has 0 fully saturated rings. The molecule has 0 aliphatic rings. The third-order valence-electron chi connectivity index (χ3n) is 3.22. The van der Waals surface area contributed by atoms with E-state index in [2.05, 4.69) is 21.5 Å². The maximum atomic E-state index is 5.73. The van der Waals surface area contributed by atoms with Gasteiger partial charge in [-0.15, -0.1) is 0 Å². The SMILES string of the molecule is NNC(c1ccncc1)c1cncc2ccccc12. The minimum Gasteiger partial charge on any atom is -0.271 e. The molecule has 0 radical (unpaired) electrons. The van der Waals surface area contributed by atoms with Gasteiger partial charge in [-0.25, -0.2) is 5.43 Å². The van der Waals surface area contributed by atoms with E-state index in [-0.39, 0.29) is 6.04 Å². The van der Waals surface area contributed by atoms with Crippen LogP contribution >= 0.6 is 0 Å². The standard InChI is InChI=1S/C15H14N4/c16-19-15(11-5-7-17-8-6-11)14-10-18-9-12-3-1-2-4-13(12)14/h1-10,15,19H,16H2. The zero-order valence-electron chi connectivity index (χ0n) is 10.3. The van der Waals surface area contributed by atoms with Crippen LogP contribution in [-0.2, 0) is 0 Å². The third kappa shape index (κ3) is 2.19. The summed E-state index contributed by atoms with van der Waals surface area (Å²) in [5.41, 5.74) is 4.99. The minimum atomic E-state index is -0.0957. The number of hydrogen-bond donors (Lipinski definition) is 2. The molecule has 0 aliphatic carbocycles. The smallest absolute Gasteiger partial charge is 0.0732 e. The summed E-state index contributed by atoms with van der Waals surface area (Å²) in [6.07, 6.45) is 7.24. The molecular weight excluding hydrogens is 236 g/mol. The Bertz CT molecular complexity index is 677. The molecule has 0 amide bonds. The highest BCUT2D eigenvalue weighted by Gasteiger charge is 2.15. The van der Waals surface area contributed by atoms with Crippen LogP contribution in [0.2, 0.25) is 0 Å². The van der Waals surface area contributed by atoms with Crippen LogP contribution in [0.4, 0.5) is 0 Å². The summed E-state index contributed by atoms with van der Waals surface area (Å²) in [6, 6.07) is 12.0. The van der Waals surface area contributed by atoms with Crippen LogP contribution in [0.3, 0.4) is 0 Å². The Kier molecular flexibility index (Phi) is 3.18. The predicted octanol–water partition coefficient (Wildman–Crippen LogP) is 2.18. The van der Waals surface area contributed by atoms with E-state index in [1.165, 1.54) is 0 Å². The van der Waals surface area contributed by atoms with E-state index in [0.29, 0.717) is 0 Å². The van der Waals surface area contributed by atoms with Crippen LogP contribution in [-0.4, -0.2) is 9.97 Å². The van der Waals surface area contributed by atoms with Crippen molar-refractivity contribution in [2.24, 2.45) is 5.84 Å². The summed E-state index contributed by atoms with van der Waals surface area (Å²) < 4.78 is 0. The molecule has 2 aromatic heterocycles. The van der Waals surface area contributed by atoms with Crippen molar-refractivity contribution in [1.82, 2.24) is 15.4 Å². The number of hydrazine groups is 1.